The fourth-order valence-electron chi connectivity index (χ4n) is 6.55. The first kappa shape index (κ1) is 45.5. The van der Waals surface area contributed by atoms with Gasteiger partial charge in [-0.1, -0.05) is 0 Å². The van der Waals surface area contributed by atoms with E-state index in [-0.39, 0.29) is 6.61 Å². The smallest absolute Gasteiger partial charge is 0.187 e. The fourth-order valence-corrected chi connectivity index (χ4v) is 6.55. The Bertz CT molecular complexity index is 997. The molecule has 4 saturated heterocycles. The normalized spacial score (nSPS) is 47.1. The molecule has 0 spiro atoms. The van der Waals surface area contributed by atoms with E-state index in [4.69, 9.17) is 52.5 Å². The van der Waals surface area contributed by atoms with Crippen LogP contribution in [-0.2, 0) is 47.4 Å². The summed E-state index contributed by atoms with van der Waals surface area (Å²) < 4.78 is 56.4. The van der Waals surface area contributed by atoms with Crippen molar-refractivity contribution in [2.24, 2.45) is 0 Å². The molecule has 4 heterocycles. The van der Waals surface area contributed by atoms with Gasteiger partial charge in [0.1, 0.15) is 97.7 Å². The number of aliphatic hydroxyl groups is 12. The summed E-state index contributed by atoms with van der Waals surface area (Å²) >= 11 is 0. The predicted octanol–water partition coefficient (Wildman–Crippen LogP) is -7.75. The van der Waals surface area contributed by atoms with Crippen molar-refractivity contribution in [1.29, 1.82) is 0 Å². The molecule has 4 aliphatic rings. The fraction of sp³-hybridized carbons (Fsp3) is 1.00. The lowest BCUT2D eigenvalue weighted by Gasteiger charge is -2.49. The second-order valence-electron chi connectivity index (χ2n) is 12.5. The molecule has 4 rings (SSSR count). The van der Waals surface area contributed by atoms with E-state index in [0.29, 0.717) is 0 Å². The van der Waals surface area contributed by atoms with Gasteiger partial charge in [-0.2, -0.15) is 0 Å². The highest BCUT2D eigenvalue weighted by Gasteiger charge is 2.54. The molecule has 0 aromatic heterocycles. The summed E-state index contributed by atoms with van der Waals surface area (Å²) in [6.07, 6.45) is -29.3. The maximum Gasteiger partial charge on any atom is 0.187 e. The second kappa shape index (κ2) is 21.4. The highest BCUT2D eigenvalue weighted by atomic mass is 16.8. The van der Waals surface area contributed by atoms with E-state index in [1.54, 1.807) is 0 Å². The Hall–Kier alpha value is -0.880. The lowest BCUT2D eigenvalue weighted by atomic mass is 9.94. The molecule has 0 aliphatic carbocycles. The van der Waals surface area contributed by atoms with Crippen LogP contribution in [0, 0.1) is 0 Å². The van der Waals surface area contributed by atoms with E-state index in [0.717, 1.165) is 7.11 Å². The van der Waals surface area contributed by atoms with Crippen LogP contribution in [0.25, 0.3) is 0 Å². The Kier molecular flexibility index (Phi) is 18.8. The molecule has 22 nitrogen and oxygen atoms in total. The lowest BCUT2D eigenvalue weighted by Crippen LogP contribution is -2.67. The zero-order chi connectivity index (χ0) is 38.9. The summed E-state index contributed by atoms with van der Waals surface area (Å²) in [6.45, 7) is -1.88. The van der Waals surface area contributed by atoms with E-state index in [1.807, 2.05) is 0 Å². The van der Waals surface area contributed by atoms with Crippen molar-refractivity contribution in [2.75, 3.05) is 61.0 Å². The molecule has 0 saturated carbocycles. The number of rotatable bonds is 15. The number of aliphatic hydroxyl groups excluding tert-OH is 12. The van der Waals surface area contributed by atoms with Gasteiger partial charge in [-0.3, -0.25) is 0 Å². The monoisotopic (exact) mass is 768 g/mol. The first-order valence-corrected chi connectivity index (χ1v) is 16.7. The molecule has 20 atom stereocenters. The van der Waals surface area contributed by atoms with E-state index < -0.39 is 156 Å². The Morgan fingerprint density at radius 3 is 1.46 bits per heavy atom. The summed E-state index contributed by atoms with van der Waals surface area (Å²) in [7, 11) is 3.50. The first-order chi connectivity index (χ1) is 24.9. The van der Waals surface area contributed by atoms with E-state index >= 15 is 0 Å². The van der Waals surface area contributed by atoms with Crippen LogP contribution in [0.5, 0.6) is 0 Å². The molecule has 0 aromatic rings. The van der Waals surface area contributed by atoms with Crippen LogP contribution >= 0.6 is 0 Å². The third-order valence-corrected chi connectivity index (χ3v) is 9.31. The molecule has 308 valence electrons. The van der Waals surface area contributed by atoms with Gasteiger partial charge < -0.3 is 109 Å². The topological polar surface area (TPSA) is 335 Å². The maximum absolute atomic E-state index is 11.4. The Labute approximate surface area is 299 Å². The van der Waals surface area contributed by atoms with E-state index in [9.17, 15) is 56.2 Å². The standard InChI is InChI=1S/C29H52O21.CH4O/c1-10-15(34)16(35)24(13(8-33)45-10)49-28-20(39)18(37)25(50-29-26(43-5-4-30)21(40)23(42-3)12(7-32)47-29)14(48-28)9-44-27-19(38)17(36)22(41-2)11(6-31)46-27;1-2/h10-40H,4-9H2,1-3H3;2H,1H3. The quantitative estimate of drug-likeness (QED) is 0.0736. The molecule has 4 fully saturated rings. The van der Waals surface area contributed by atoms with Gasteiger partial charge in [0, 0.05) is 21.3 Å². The highest BCUT2D eigenvalue weighted by Crippen LogP contribution is 2.34. The minimum absolute atomic E-state index is 0.296. The molecular formula is C30H56O22. The summed E-state index contributed by atoms with van der Waals surface area (Å²) in [5.74, 6) is 0. The minimum atomic E-state index is -1.95. The zero-order valence-corrected chi connectivity index (χ0v) is 29.2. The second-order valence-corrected chi connectivity index (χ2v) is 12.5. The van der Waals surface area contributed by atoms with Crippen molar-refractivity contribution in [1.82, 2.24) is 0 Å². The molecule has 22 heteroatoms. The van der Waals surface area contributed by atoms with Crippen LogP contribution < -0.4 is 0 Å². The largest absolute Gasteiger partial charge is 0.400 e. The van der Waals surface area contributed by atoms with Crippen LogP contribution in [0.15, 0.2) is 0 Å². The van der Waals surface area contributed by atoms with Gasteiger partial charge in [0.2, 0.25) is 0 Å². The van der Waals surface area contributed by atoms with Crippen LogP contribution in [0.2, 0.25) is 0 Å². The lowest BCUT2D eigenvalue weighted by molar-refractivity contribution is -0.381. The molecule has 0 bridgehead atoms. The molecule has 52 heavy (non-hydrogen) atoms. The van der Waals surface area contributed by atoms with Crippen LogP contribution in [0.4, 0.5) is 0 Å². The average Bonchev–Trinajstić information content (AvgIpc) is 3.15. The van der Waals surface area contributed by atoms with Crippen molar-refractivity contribution >= 4 is 0 Å². The van der Waals surface area contributed by atoms with E-state index in [2.05, 4.69) is 0 Å². The average molecular weight is 769 g/mol. The summed E-state index contributed by atoms with van der Waals surface area (Å²) in [4.78, 5) is 0. The maximum atomic E-state index is 11.4. The minimum Gasteiger partial charge on any atom is -0.400 e. The van der Waals surface area contributed by atoms with Crippen LogP contribution in [0.3, 0.4) is 0 Å². The molecule has 0 radical (unpaired) electrons. The van der Waals surface area contributed by atoms with Crippen molar-refractivity contribution < 1.29 is 109 Å². The van der Waals surface area contributed by atoms with Gasteiger partial charge in [0.05, 0.1) is 45.7 Å². The van der Waals surface area contributed by atoms with Gasteiger partial charge in [-0.25, -0.2) is 0 Å². The molecule has 0 aromatic carbocycles. The third kappa shape index (κ3) is 10.1. The van der Waals surface area contributed by atoms with Gasteiger partial charge in [0.25, 0.3) is 0 Å². The molecular weight excluding hydrogens is 712 g/mol. The van der Waals surface area contributed by atoms with Gasteiger partial charge in [-0.15, -0.1) is 0 Å². The molecule has 12 N–H and O–H groups in total. The van der Waals surface area contributed by atoms with Gasteiger partial charge in [-0.05, 0) is 6.92 Å². The molecule has 4 aliphatic heterocycles. The number of hydrogen-bond acceptors (Lipinski definition) is 22. The zero-order valence-electron chi connectivity index (χ0n) is 29.2. The Morgan fingerprint density at radius 1 is 0.462 bits per heavy atom. The number of methoxy groups -OCH3 is 2. The number of ether oxygens (including phenoxy) is 10. The van der Waals surface area contributed by atoms with E-state index in [1.165, 1.54) is 21.1 Å². The van der Waals surface area contributed by atoms with Crippen molar-refractivity contribution in [2.45, 2.75) is 130 Å². The van der Waals surface area contributed by atoms with Crippen molar-refractivity contribution in [3.05, 3.63) is 0 Å². The summed E-state index contributed by atoms with van der Waals surface area (Å²) in [6, 6.07) is 0. The van der Waals surface area contributed by atoms with Gasteiger partial charge in [0.15, 0.2) is 18.9 Å². The highest BCUT2D eigenvalue weighted by molar-refractivity contribution is 4.98. The third-order valence-electron chi connectivity index (χ3n) is 9.31. The van der Waals surface area contributed by atoms with Crippen LogP contribution in [-0.4, -0.2) is 245 Å². The molecule has 20 unspecified atom stereocenters. The van der Waals surface area contributed by atoms with Crippen molar-refractivity contribution in [3.63, 3.8) is 0 Å². The van der Waals surface area contributed by atoms with Crippen LogP contribution in [0.1, 0.15) is 6.92 Å². The van der Waals surface area contributed by atoms with Gasteiger partial charge >= 0.3 is 0 Å². The predicted molar refractivity (Wildman–Crippen MR) is 166 cm³/mol. The summed E-state index contributed by atoms with van der Waals surface area (Å²) in [5, 5.41) is 122. The Morgan fingerprint density at radius 2 is 0.904 bits per heavy atom. The van der Waals surface area contributed by atoms with Crippen molar-refractivity contribution in [3.8, 4) is 0 Å². The number of hydrogen-bond donors (Lipinski definition) is 12. The SMILES string of the molecule is CO.COC1C(CO)OC(OCC2OC(OC3C(CO)OC(C)C(O)C3O)C(O)C(O)C2OC2OC(CO)C(OC)C(O)C2OCCO)C(O)C1O. The Balaban J connectivity index is 0.00000358. The summed E-state index contributed by atoms with van der Waals surface area (Å²) in [5.41, 5.74) is 0. The first-order valence-electron chi connectivity index (χ1n) is 16.7. The molecule has 0 amide bonds.